The average Bonchev–Trinajstić information content (AvgIpc) is 3.06. The molecule has 0 aliphatic carbocycles. The number of hydrogen-bond donors (Lipinski definition) is 1. The molecule has 1 N–H and O–H groups in total. The maximum absolute atomic E-state index is 13.7. The van der Waals surface area contributed by atoms with Crippen LogP contribution in [0.25, 0.3) is 28.1 Å². The van der Waals surface area contributed by atoms with E-state index in [4.69, 9.17) is 16.7 Å². The van der Waals surface area contributed by atoms with Gasteiger partial charge < -0.3 is 5.11 Å². The molecule has 3 aromatic carbocycles. The first-order valence-corrected chi connectivity index (χ1v) is 9.73. The van der Waals surface area contributed by atoms with Gasteiger partial charge in [0.25, 0.3) is 0 Å². The molecule has 3 nitrogen and oxygen atoms in total. The smallest absolute Gasteiger partial charge is 0.396 e. The Morgan fingerprint density at radius 2 is 1.73 bits per heavy atom. The molecule has 1 heterocycles. The van der Waals surface area contributed by atoms with Crippen LogP contribution in [-0.4, -0.2) is 21.3 Å². The van der Waals surface area contributed by atoms with E-state index in [2.05, 4.69) is 4.98 Å². The summed E-state index contributed by atoms with van der Waals surface area (Å²) in [6.07, 6.45) is -4.09. The summed E-state index contributed by atoms with van der Waals surface area (Å²) in [5.74, 6) is 0.408. The number of aliphatic hydroxyl groups excluding tert-OH is 1. The van der Waals surface area contributed by atoms with Gasteiger partial charge in [0.2, 0.25) is 0 Å². The first-order chi connectivity index (χ1) is 14.3. The van der Waals surface area contributed by atoms with Crippen LogP contribution in [0.15, 0.2) is 60.7 Å². The highest BCUT2D eigenvalue weighted by Gasteiger charge is 2.35. The van der Waals surface area contributed by atoms with Gasteiger partial charge in [-0.3, -0.25) is 4.57 Å². The number of aryl methyl sites for hydroxylation is 1. The summed E-state index contributed by atoms with van der Waals surface area (Å²) < 4.78 is 42.9. The van der Waals surface area contributed by atoms with Crippen LogP contribution in [0.3, 0.4) is 0 Å². The lowest BCUT2D eigenvalue weighted by Gasteiger charge is -2.13. The van der Waals surface area contributed by atoms with Crippen molar-refractivity contribution in [2.75, 3.05) is 6.61 Å². The van der Waals surface area contributed by atoms with Gasteiger partial charge in [0, 0.05) is 22.9 Å². The van der Waals surface area contributed by atoms with E-state index in [9.17, 15) is 13.2 Å². The van der Waals surface area contributed by atoms with Gasteiger partial charge in [0.05, 0.1) is 11.1 Å². The third-order valence-electron chi connectivity index (χ3n) is 5.01. The molecule has 1 aromatic heterocycles. The van der Waals surface area contributed by atoms with Crippen LogP contribution in [0, 0.1) is 6.92 Å². The van der Waals surface area contributed by atoms with Crippen molar-refractivity contribution in [3.05, 3.63) is 82.4 Å². The van der Waals surface area contributed by atoms with Gasteiger partial charge in [0.1, 0.15) is 11.3 Å². The van der Waals surface area contributed by atoms with Gasteiger partial charge in [-0.05, 0) is 48.7 Å². The Bertz CT molecular complexity index is 1210. The zero-order valence-electron chi connectivity index (χ0n) is 16.0. The second-order valence-electron chi connectivity index (χ2n) is 7.04. The number of rotatable bonds is 4. The Morgan fingerprint density at radius 1 is 1.03 bits per heavy atom. The van der Waals surface area contributed by atoms with E-state index in [1.54, 1.807) is 4.57 Å². The molecule has 4 rings (SSSR count). The molecule has 154 valence electrons. The highest BCUT2D eigenvalue weighted by atomic mass is 35.5. The molecule has 0 aliphatic heterocycles. The van der Waals surface area contributed by atoms with Crippen LogP contribution in [0.5, 0.6) is 0 Å². The van der Waals surface area contributed by atoms with Crippen molar-refractivity contribution in [3.8, 4) is 17.1 Å². The van der Waals surface area contributed by atoms with Crippen molar-refractivity contribution in [2.24, 2.45) is 0 Å². The summed E-state index contributed by atoms with van der Waals surface area (Å²) in [6, 6.07) is 17.1. The lowest BCUT2D eigenvalue weighted by Crippen LogP contribution is -2.06. The van der Waals surface area contributed by atoms with Gasteiger partial charge in [-0.2, -0.15) is 13.2 Å². The summed E-state index contributed by atoms with van der Waals surface area (Å²) in [6.45, 7) is 1.91. The van der Waals surface area contributed by atoms with Gasteiger partial charge >= 0.3 is 6.18 Å². The first kappa shape index (κ1) is 20.4. The van der Waals surface area contributed by atoms with E-state index in [-0.39, 0.29) is 22.7 Å². The van der Waals surface area contributed by atoms with E-state index in [1.165, 1.54) is 6.07 Å². The SMILES string of the molecule is Cc1ccccc1-c1nc2c(C(F)(F)F)cc(Cl)cc2n1-c1ccc(CCO)cc1. The van der Waals surface area contributed by atoms with Gasteiger partial charge in [-0.15, -0.1) is 0 Å². The molecular weight excluding hydrogens is 413 g/mol. The lowest BCUT2D eigenvalue weighted by molar-refractivity contribution is -0.136. The summed E-state index contributed by atoms with van der Waals surface area (Å²) >= 11 is 6.07. The van der Waals surface area contributed by atoms with Crippen molar-refractivity contribution in [1.29, 1.82) is 0 Å². The second kappa shape index (κ2) is 7.78. The minimum absolute atomic E-state index is 0.00999. The lowest BCUT2D eigenvalue weighted by atomic mass is 10.1. The van der Waals surface area contributed by atoms with Crippen molar-refractivity contribution in [2.45, 2.75) is 19.5 Å². The minimum Gasteiger partial charge on any atom is -0.396 e. The van der Waals surface area contributed by atoms with Gasteiger partial charge in [-0.25, -0.2) is 4.98 Å². The molecule has 0 saturated heterocycles. The quantitative estimate of drug-likeness (QED) is 0.418. The predicted octanol–water partition coefficient (Wildman–Crippen LogP) is 6.21. The van der Waals surface area contributed by atoms with E-state index in [0.717, 1.165) is 22.8 Å². The highest BCUT2D eigenvalue weighted by molar-refractivity contribution is 6.31. The molecule has 30 heavy (non-hydrogen) atoms. The number of alkyl halides is 3. The maximum atomic E-state index is 13.7. The summed E-state index contributed by atoms with van der Waals surface area (Å²) in [4.78, 5) is 4.43. The standard InChI is InChI=1S/C23H18ClF3N2O/c1-14-4-2-3-5-18(14)22-28-21-19(23(25,26)27)12-16(24)13-20(21)29(22)17-8-6-15(7-9-17)10-11-30/h2-9,12-13,30H,10-11H2,1H3. The zero-order valence-corrected chi connectivity index (χ0v) is 16.8. The number of aliphatic hydroxyl groups is 1. The Balaban J connectivity index is 2.07. The van der Waals surface area contributed by atoms with Gasteiger partial charge in [-0.1, -0.05) is 48.0 Å². The maximum Gasteiger partial charge on any atom is 0.418 e. The Kier molecular flexibility index (Phi) is 5.30. The zero-order chi connectivity index (χ0) is 21.5. The number of nitrogens with zero attached hydrogens (tertiary/aromatic N) is 2. The van der Waals surface area contributed by atoms with E-state index < -0.39 is 11.7 Å². The van der Waals surface area contributed by atoms with E-state index in [1.807, 2.05) is 55.5 Å². The normalized spacial score (nSPS) is 11.9. The fraction of sp³-hybridized carbons (Fsp3) is 0.174. The highest BCUT2D eigenvalue weighted by Crippen LogP contribution is 2.39. The van der Waals surface area contributed by atoms with Crippen molar-refractivity contribution in [3.63, 3.8) is 0 Å². The molecule has 0 amide bonds. The number of imidazole rings is 1. The molecule has 0 spiro atoms. The summed E-state index contributed by atoms with van der Waals surface area (Å²) in [7, 11) is 0. The average molecular weight is 431 g/mol. The number of hydrogen-bond acceptors (Lipinski definition) is 2. The Hall–Kier alpha value is -2.83. The predicted molar refractivity (Wildman–Crippen MR) is 112 cm³/mol. The molecule has 0 radical (unpaired) electrons. The number of halogens is 4. The molecule has 0 atom stereocenters. The summed E-state index contributed by atoms with van der Waals surface area (Å²) in [5.41, 5.74) is 2.48. The molecule has 0 bridgehead atoms. The molecule has 7 heteroatoms. The van der Waals surface area contributed by atoms with Crippen molar-refractivity contribution >= 4 is 22.6 Å². The molecule has 0 fully saturated rings. The Morgan fingerprint density at radius 3 is 2.37 bits per heavy atom. The van der Waals surface area contributed by atoms with Crippen LogP contribution in [0.4, 0.5) is 13.2 Å². The fourth-order valence-electron chi connectivity index (χ4n) is 3.57. The third kappa shape index (κ3) is 3.68. The summed E-state index contributed by atoms with van der Waals surface area (Å²) in [5, 5.41) is 9.13. The number of benzene rings is 3. The first-order valence-electron chi connectivity index (χ1n) is 9.35. The minimum atomic E-state index is -4.59. The molecule has 0 aliphatic rings. The molecule has 4 aromatic rings. The van der Waals surface area contributed by atoms with Crippen LogP contribution in [-0.2, 0) is 12.6 Å². The van der Waals surface area contributed by atoms with Crippen LogP contribution < -0.4 is 0 Å². The largest absolute Gasteiger partial charge is 0.418 e. The topological polar surface area (TPSA) is 38.0 Å². The fourth-order valence-corrected chi connectivity index (χ4v) is 3.78. The number of aromatic nitrogens is 2. The third-order valence-corrected chi connectivity index (χ3v) is 5.23. The van der Waals surface area contributed by atoms with Crippen molar-refractivity contribution < 1.29 is 18.3 Å². The van der Waals surface area contributed by atoms with Crippen LogP contribution in [0.1, 0.15) is 16.7 Å². The van der Waals surface area contributed by atoms with Crippen LogP contribution >= 0.6 is 11.6 Å². The van der Waals surface area contributed by atoms with E-state index in [0.29, 0.717) is 17.9 Å². The second-order valence-corrected chi connectivity index (χ2v) is 7.48. The molecular formula is C23H18ClF3N2O. The number of fused-ring (bicyclic) bond motifs is 1. The molecule has 0 saturated carbocycles. The monoisotopic (exact) mass is 430 g/mol. The van der Waals surface area contributed by atoms with E-state index >= 15 is 0 Å². The molecule has 0 unspecified atom stereocenters. The van der Waals surface area contributed by atoms with Crippen molar-refractivity contribution in [1.82, 2.24) is 9.55 Å². The Labute approximate surface area is 176 Å². The van der Waals surface area contributed by atoms with Crippen LogP contribution in [0.2, 0.25) is 5.02 Å². The van der Waals surface area contributed by atoms with Gasteiger partial charge in [0.15, 0.2) is 0 Å².